The fraction of sp³-hybridized carbons (Fsp3) is 0.400. The summed E-state index contributed by atoms with van der Waals surface area (Å²) in [5, 5.41) is 4.14. The van der Waals surface area contributed by atoms with E-state index in [4.69, 9.17) is 0 Å². The Morgan fingerprint density at radius 3 is 2.40 bits per heavy atom. The fourth-order valence-corrected chi connectivity index (χ4v) is 1.91. The highest BCUT2D eigenvalue weighted by Gasteiger charge is 2.31. The van der Waals surface area contributed by atoms with E-state index in [0.29, 0.717) is 0 Å². The second kappa shape index (κ2) is 5.45. The van der Waals surface area contributed by atoms with Crippen LogP contribution in [0.25, 0.3) is 0 Å². The van der Waals surface area contributed by atoms with Gasteiger partial charge in [-0.3, -0.25) is 4.79 Å². The van der Waals surface area contributed by atoms with E-state index in [1.54, 1.807) is 15.9 Å². The number of hydrogen-bond acceptors (Lipinski definition) is 3. The zero-order valence-electron chi connectivity index (χ0n) is 12.3. The van der Waals surface area contributed by atoms with E-state index in [0.717, 1.165) is 5.56 Å². The molecule has 0 aliphatic rings. The molecule has 0 radical (unpaired) electrons. The van der Waals surface area contributed by atoms with Crippen molar-refractivity contribution in [3.63, 3.8) is 0 Å². The predicted octanol–water partition coefficient (Wildman–Crippen LogP) is 2.12. The van der Waals surface area contributed by atoms with Crippen LogP contribution in [0.5, 0.6) is 0 Å². The summed E-state index contributed by atoms with van der Waals surface area (Å²) >= 11 is 0. The molecule has 5 heteroatoms. The van der Waals surface area contributed by atoms with Crippen LogP contribution in [0.4, 0.5) is 0 Å². The third-order valence-corrected chi connectivity index (χ3v) is 3.39. The van der Waals surface area contributed by atoms with Crippen molar-refractivity contribution in [1.29, 1.82) is 0 Å². The van der Waals surface area contributed by atoms with Crippen LogP contribution in [0.15, 0.2) is 43.0 Å². The molecule has 0 saturated heterocycles. The molecule has 2 aromatic rings. The summed E-state index contributed by atoms with van der Waals surface area (Å²) in [6.07, 6.45) is 3.02. The van der Waals surface area contributed by atoms with Crippen LogP contribution in [0.1, 0.15) is 32.4 Å². The number of hydrogen-bond donors (Lipinski definition) is 0. The molecule has 1 heterocycles. The summed E-state index contributed by atoms with van der Waals surface area (Å²) in [6.45, 7) is 6.02. The zero-order valence-corrected chi connectivity index (χ0v) is 12.3. The Hall–Kier alpha value is -2.17. The standard InChI is InChI=1S/C15H20N4O/c1-15(2,3)18(4)14(20)13(19-11-16-10-17-19)12-8-6-5-7-9-12/h5-11,13H,1-4H3. The van der Waals surface area contributed by atoms with E-state index < -0.39 is 6.04 Å². The van der Waals surface area contributed by atoms with Crippen molar-refractivity contribution >= 4 is 5.91 Å². The van der Waals surface area contributed by atoms with Crippen LogP contribution in [0.2, 0.25) is 0 Å². The van der Waals surface area contributed by atoms with Crippen LogP contribution in [-0.4, -0.2) is 38.2 Å². The number of nitrogens with zero attached hydrogens (tertiary/aromatic N) is 4. The van der Waals surface area contributed by atoms with Gasteiger partial charge in [0.05, 0.1) is 0 Å². The van der Waals surface area contributed by atoms with Gasteiger partial charge in [0.2, 0.25) is 0 Å². The second-order valence-electron chi connectivity index (χ2n) is 5.76. The Labute approximate surface area is 119 Å². The summed E-state index contributed by atoms with van der Waals surface area (Å²) in [7, 11) is 1.81. The predicted molar refractivity (Wildman–Crippen MR) is 77.1 cm³/mol. The lowest BCUT2D eigenvalue weighted by molar-refractivity contribution is -0.136. The van der Waals surface area contributed by atoms with Gasteiger partial charge in [-0.2, -0.15) is 5.10 Å². The maximum atomic E-state index is 12.8. The Balaban J connectivity index is 2.41. The van der Waals surface area contributed by atoms with Crippen molar-refractivity contribution < 1.29 is 4.79 Å². The Kier molecular flexibility index (Phi) is 3.88. The maximum Gasteiger partial charge on any atom is 0.252 e. The normalized spacial score (nSPS) is 13.0. The van der Waals surface area contributed by atoms with E-state index in [2.05, 4.69) is 10.1 Å². The van der Waals surface area contributed by atoms with Gasteiger partial charge in [0, 0.05) is 12.6 Å². The number of carbonyl (C=O) groups is 1. The molecule has 106 valence electrons. The van der Waals surface area contributed by atoms with E-state index in [9.17, 15) is 4.79 Å². The lowest BCUT2D eigenvalue weighted by Crippen LogP contribution is -2.46. The minimum Gasteiger partial charge on any atom is -0.339 e. The van der Waals surface area contributed by atoms with E-state index >= 15 is 0 Å². The molecule has 2 rings (SSSR count). The third kappa shape index (κ3) is 2.87. The molecule has 0 aliphatic heterocycles. The van der Waals surface area contributed by atoms with Crippen molar-refractivity contribution in [1.82, 2.24) is 19.7 Å². The van der Waals surface area contributed by atoms with Gasteiger partial charge in [-0.25, -0.2) is 9.67 Å². The first-order valence-corrected chi connectivity index (χ1v) is 6.58. The van der Waals surface area contributed by atoms with E-state index in [-0.39, 0.29) is 11.4 Å². The zero-order chi connectivity index (χ0) is 14.8. The molecule has 5 nitrogen and oxygen atoms in total. The molecular weight excluding hydrogens is 252 g/mol. The molecule has 0 fully saturated rings. The summed E-state index contributed by atoms with van der Waals surface area (Å²) in [5.74, 6) is -0.00537. The summed E-state index contributed by atoms with van der Waals surface area (Å²) in [5.41, 5.74) is 0.657. The second-order valence-corrected chi connectivity index (χ2v) is 5.76. The van der Waals surface area contributed by atoms with Gasteiger partial charge < -0.3 is 4.90 Å². The van der Waals surface area contributed by atoms with Crippen molar-refractivity contribution in [3.05, 3.63) is 48.5 Å². The molecule has 0 saturated carbocycles. The molecule has 0 N–H and O–H groups in total. The SMILES string of the molecule is CN(C(=O)C(c1ccccc1)n1cncn1)C(C)(C)C. The number of benzene rings is 1. The average molecular weight is 272 g/mol. The molecule has 1 unspecified atom stereocenters. The summed E-state index contributed by atoms with van der Waals surface area (Å²) in [4.78, 5) is 18.5. The Morgan fingerprint density at radius 2 is 1.90 bits per heavy atom. The number of rotatable bonds is 3. The molecule has 0 aliphatic carbocycles. The van der Waals surface area contributed by atoms with Gasteiger partial charge in [-0.1, -0.05) is 30.3 Å². The van der Waals surface area contributed by atoms with Crippen LogP contribution >= 0.6 is 0 Å². The molecule has 0 spiro atoms. The van der Waals surface area contributed by atoms with Crippen molar-refractivity contribution in [2.24, 2.45) is 0 Å². The van der Waals surface area contributed by atoms with E-state index in [1.165, 1.54) is 6.33 Å². The Bertz CT molecular complexity index is 557. The van der Waals surface area contributed by atoms with Crippen LogP contribution in [-0.2, 0) is 4.79 Å². The van der Waals surface area contributed by atoms with Gasteiger partial charge in [0.15, 0.2) is 6.04 Å². The lowest BCUT2D eigenvalue weighted by Gasteiger charge is -2.34. The topological polar surface area (TPSA) is 51.0 Å². The highest BCUT2D eigenvalue weighted by atomic mass is 16.2. The van der Waals surface area contributed by atoms with Gasteiger partial charge in [-0.05, 0) is 26.3 Å². The molecule has 1 amide bonds. The minimum absolute atomic E-state index is 0.00537. The molecule has 20 heavy (non-hydrogen) atoms. The van der Waals surface area contributed by atoms with Gasteiger partial charge in [-0.15, -0.1) is 0 Å². The number of carbonyl (C=O) groups excluding carboxylic acids is 1. The van der Waals surface area contributed by atoms with Crippen LogP contribution < -0.4 is 0 Å². The molecular formula is C15H20N4O. The van der Waals surface area contributed by atoms with Crippen LogP contribution in [0, 0.1) is 0 Å². The smallest absolute Gasteiger partial charge is 0.252 e. The lowest BCUT2D eigenvalue weighted by atomic mass is 10.0. The summed E-state index contributed by atoms with van der Waals surface area (Å²) < 4.78 is 1.60. The van der Waals surface area contributed by atoms with Gasteiger partial charge >= 0.3 is 0 Å². The molecule has 1 aromatic carbocycles. The highest BCUT2D eigenvalue weighted by molar-refractivity contribution is 5.84. The average Bonchev–Trinajstić information content (AvgIpc) is 2.92. The first-order chi connectivity index (χ1) is 9.41. The number of aromatic nitrogens is 3. The maximum absolute atomic E-state index is 12.8. The van der Waals surface area contributed by atoms with Gasteiger partial charge in [0.25, 0.3) is 5.91 Å². The van der Waals surface area contributed by atoms with Crippen molar-refractivity contribution in [2.45, 2.75) is 32.4 Å². The highest BCUT2D eigenvalue weighted by Crippen LogP contribution is 2.23. The van der Waals surface area contributed by atoms with Crippen molar-refractivity contribution in [3.8, 4) is 0 Å². The molecule has 1 atom stereocenters. The van der Waals surface area contributed by atoms with Gasteiger partial charge in [0.1, 0.15) is 12.7 Å². The minimum atomic E-state index is -0.483. The monoisotopic (exact) mass is 272 g/mol. The van der Waals surface area contributed by atoms with Crippen LogP contribution in [0.3, 0.4) is 0 Å². The molecule has 1 aromatic heterocycles. The summed E-state index contributed by atoms with van der Waals surface area (Å²) in [6, 6.07) is 9.15. The fourth-order valence-electron chi connectivity index (χ4n) is 1.91. The number of likely N-dealkylation sites (N-methyl/N-ethyl adjacent to an activating group) is 1. The van der Waals surface area contributed by atoms with Crippen molar-refractivity contribution in [2.75, 3.05) is 7.05 Å². The first-order valence-electron chi connectivity index (χ1n) is 6.58. The van der Waals surface area contributed by atoms with E-state index in [1.807, 2.05) is 58.2 Å². The third-order valence-electron chi connectivity index (χ3n) is 3.39. The largest absolute Gasteiger partial charge is 0.339 e. The Morgan fingerprint density at radius 1 is 1.25 bits per heavy atom. The quantitative estimate of drug-likeness (QED) is 0.860. The molecule has 0 bridgehead atoms. The number of amides is 1. The first kappa shape index (κ1) is 14.2.